The minimum atomic E-state index is -6.29. The first-order valence-electron chi connectivity index (χ1n) is 8.27. The van der Waals surface area contributed by atoms with Crippen molar-refractivity contribution in [1.29, 1.82) is 5.41 Å². The molecule has 0 saturated heterocycles. The summed E-state index contributed by atoms with van der Waals surface area (Å²) in [5.74, 6) is -8.01. The SMILES string of the molecule is CC(F)(c1cc(Br)c(NC(=N)c2cccc(N)c2F)c(C(F)(F)C(F)(F)F)c1)C(F)(F)F. The summed E-state index contributed by atoms with van der Waals surface area (Å²) in [5, 5.41) is 9.64. The first kappa shape index (κ1) is 25.7. The lowest BCUT2D eigenvalue weighted by Gasteiger charge is -2.29. The molecule has 0 fully saturated rings. The molecule has 1 unspecified atom stereocenters. The van der Waals surface area contributed by atoms with Crippen molar-refractivity contribution < 1.29 is 43.9 Å². The molecule has 32 heavy (non-hydrogen) atoms. The van der Waals surface area contributed by atoms with E-state index in [4.69, 9.17) is 11.1 Å². The minimum Gasteiger partial charge on any atom is -0.396 e. The first-order chi connectivity index (χ1) is 14.3. The molecule has 0 heterocycles. The maximum Gasteiger partial charge on any atom is 0.458 e. The molecule has 0 spiro atoms. The summed E-state index contributed by atoms with van der Waals surface area (Å²) in [5.41, 5.74) is -4.96. The van der Waals surface area contributed by atoms with Crippen molar-refractivity contribution in [2.24, 2.45) is 0 Å². The van der Waals surface area contributed by atoms with E-state index >= 15 is 0 Å². The highest BCUT2D eigenvalue weighted by Crippen LogP contribution is 2.51. The lowest BCUT2D eigenvalue weighted by atomic mass is 9.92. The van der Waals surface area contributed by atoms with Gasteiger partial charge in [0.25, 0.3) is 0 Å². The number of hydrogen-bond acceptors (Lipinski definition) is 2. The van der Waals surface area contributed by atoms with Gasteiger partial charge in [0, 0.05) is 4.47 Å². The van der Waals surface area contributed by atoms with Crippen LogP contribution < -0.4 is 11.1 Å². The molecule has 1 atom stereocenters. The van der Waals surface area contributed by atoms with E-state index < -0.39 is 68.1 Å². The lowest BCUT2D eigenvalue weighted by molar-refractivity contribution is -0.289. The number of nitrogens with one attached hydrogen (secondary N) is 2. The van der Waals surface area contributed by atoms with Gasteiger partial charge in [0.15, 0.2) is 5.82 Å². The zero-order valence-corrected chi connectivity index (χ0v) is 17.2. The van der Waals surface area contributed by atoms with Gasteiger partial charge in [-0.1, -0.05) is 6.07 Å². The highest BCUT2D eigenvalue weighted by Gasteiger charge is 2.61. The van der Waals surface area contributed by atoms with Crippen molar-refractivity contribution >= 4 is 33.1 Å². The highest BCUT2D eigenvalue weighted by atomic mass is 79.9. The van der Waals surface area contributed by atoms with Gasteiger partial charge in [-0.2, -0.15) is 35.1 Å². The van der Waals surface area contributed by atoms with Crippen LogP contribution in [0.1, 0.15) is 23.6 Å². The van der Waals surface area contributed by atoms with Gasteiger partial charge < -0.3 is 11.1 Å². The molecule has 2 aromatic carbocycles. The molecule has 3 nitrogen and oxygen atoms in total. The van der Waals surface area contributed by atoms with Crippen LogP contribution >= 0.6 is 15.9 Å². The summed E-state index contributed by atoms with van der Waals surface area (Å²) in [6, 6.07) is 3.21. The van der Waals surface area contributed by atoms with Crippen molar-refractivity contribution in [3.8, 4) is 0 Å². The predicted octanol–water partition coefficient (Wildman–Crippen LogP) is 7.01. The van der Waals surface area contributed by atoms with Gasteiger partial charge in [0.2, 0.25) is 5.67 Å². The van der Waals surface area contributed by atoms with Crippen LogP contribution in [0.25, 0.3) is 0 Å². The molecule has 0 aliphatic heterocycles. The number of halogens is 11. The molecule has 176 valence electrons. The first-order valence-corrected chi connectivity index (χ1v) is 9.06. The van der Waals surface area contributed by atoms with Gasteiger partial charge >= 0.3 is 18.3 Å². The second-order valence-electron chi connectivity index (χ2n) is 6.66. The molecule has 0 amide bonds. The number of alkyl halides is 9. The Labute approximate surface area is 182 Å². The van der Waals surface area contributed by atoms with Crippen molar-refractivity contribution in [2.45, 2.75) is 30.9 Å². The Kier molecular flexibility index (Phi) is 6.53. The van der Waals surface area contributed by atoms with Crippen molar-refractivity contribution in [2.75, 3.05) is 11.1 Å². The zero-order valence-electron chi connectivity index (χ0n) is 15.6. The Morgan fingerprint density at radius 3 is 2.03 bits per heavy atom. The second kappa shape index (κ2) is 8.12. The summed E-state index contributed by atoms with van der Waals surface area (Å²) < 4.78 is 134. The molecule has 0 saturated carbocycles. The topological polar surface area (TPSA) is 61.9 Å². The Bertz CT molecular complexity index is 1040. The average Bonchev–Trinajstić information content (AvgIpc) is 2.63. The summed E-state index contributed by atoms with van der Waals surface area (Å²) in [6.45, 7) is -0.0540. The number of benzene rings is 2. The third-order valence-electron chi connectivity index (χ3n) is 4.41. The fourth-order valence-corrected chi connectivity index (χ4v) is 3.06. The zero-order chi connectivity index (χ0) is 24.9. The standard InChI is InChI=1S/C18H12BrF10N3/c1-15(21,17(24,25)26)7-5-9(16(22,23)18(27,28)29)13(10(19)6-7)32-14(31)8-3-2-4-11(30)12(8)20/h2-6H,30H2,1H3,(H2,31,32). The van der Waals surface area contributed by atoms with Crippen LogP contribution in [0.2, 0.25) is 0 Å². The van der Waals surface area contributed by atoms with E-state index in [-0.39, 0.29) is 13.0 Å². The normalized spacial score (nSPS) is 14.8. The van der Waals surface area contributed by atoms with E-state index in [0.717, 1.165) is 18.2 Å². The van der Waals surface area contributed by atoms with E-state index in [1.807, 2.05) is 5.32 Å². The largest absolute Gasteiger partial charge is 0.458 e. The molecule has 0 aliphatic carbocycles. The summed E-state index contributed by atoms with van der Waals surface area (Å²) in [4.78, 5) is 0. The quantitative estimate of drug-likeness (QED) is 0.169. The molecule has 2 rings (SSSR count). The van der Waals surface area contributed by atoms with Gasteiger partial charge in [-0.05, 0) is 52.7 Å². The van der Waals surface area contributed by atoms with Crippen LogP contribution in [0, 0.1) is 11.2 Å². The fraction of sp³-hybridized carbons (Fsp3) is 0.278. The van der Waals surface area contributed by atoms with Crippen molar-refractivity contribution in [3.05, 3.63) is 57.3 Å². The van der Waals surface area contributed by atoms with Gasteiger partial charge in [-0.25, -0.2) is 8.78 Å². The number of nitrogens with two attached hydrogens (primary N) is 1. The van der Waals surface area contributed by atoms with E-state index in [1.165, 1.54) is 0 Å². The molecule has 4 N–H and O–H groups in total. The van der Waals surface area contributed by atoms with Crippen LogP contribution in [0.15, 0.2) is 34.8 Å². The minimum absolute atomic E-state index is 0.0540. The average molecular weight is 540 g/mol. The number of nitrogen functional groups attached to an aromatic ring is 1. The van der Waals surface area contributed by atoms with Crippen molar-refractivity contribution in [1.82, 2.24) is 0 Å². The molecular weight excluding hydrogens is 528 g/mol. The number of anilines is 2. The maximum absolute atomic E-state index is 14.3. The Morgan fingerprint density at radius 1 is 0.969 bits per heavy atom. The van der Waals surface area contributed by atoms with Crippen molar-refractivity contribution in [3.63, 3.8) is 0 Å². The molecular formula is C18H12BrF10N3. The lowest BCUT2D eigenvalue weighted by Crippen LogP contribution is -2.38. The van der Waals surface area contributed by atoms with E-state index in [1.54, 1.807) is 0 Å². The molecule has 0 radical (unpaired) electrons. The third-order valence-corrected chi connectivity index (χ3v) is 5.03. The fourth-order valence-electron chi connectivity index (χ4n) is 2.50. The van der Waals surface area contributed by atoms with Crippen LogP contribution in [-0.2, 0) is 11.6 Å². The Hall–Kier alpha value is -2.51. The molecule has 2 aromatic rings. The smallest absolute Gasteiger partial charge is 0.396 e. The maximum atomic E-state index is 14.3. The van der Waals surface area contributed by atoms with Gasteiger partial charge in [-0.3, -0.25) is 5.41 Å². The summed E-state index contributed by atoms with van der Waals surface area (Å²) in [7, 11) is 0. The van der Waals surface area contributed by atoms with E-state index in [9.17, 15) is 43.9 Å². The number of rotatable bonds is 4. The van der Waals surface area contributed by atoms with Crippen LogP contribution in [0.5, 0.6) is 0 Å². The Morgan fingerprint density at radius 2 is 1.53 bits per heavy atom. The van der Waals surface area contributed by atoms with Gasteiger partial charge in [0.05, 0.1) is 22.5 Å². The van der Waals surface area contributed by atoms with Gasteiger partial charge in [-0.15, -0.1) is 0 Å². The monoisotopic (exact) mass is 539 g/mol. The van der Waals surface area contributed by atoms with Crippen LogP contribution in [-0.4, -0.2) is 18.2 Å². The predicted molar refractivity (Wildman–Crippen MR) is 99.9 cm³/mol. The molecule has 0 bridgehead atoms. The summed E-state index contributed by atoms with van der Waals surface area (Å²) in [6.07, 6.45) is -11.9. The van der Waals surface area contributed by atoms with Crippen LogP contribution in [0.3, 0.4) is 0 Å². The highest BCUT2D eigenvalue weighted by molar-refractivity contribution is 9.10. The summed E-state index contributed by atoms with van der Waals surface area (Å²) >= 11 is 2.54. The third kappa shape index (κ3) is 4.50. The Balaban J connectivity index is 2.75. The molecule has 0 aliphatic rings. The molecule has 14 heteroatoms. The number of hydrogen-bond donors (Lipinski definition) is 3. The van der Waals surface area contributed by atoms with E-state index in [2.05, 4.69) is 15.9 Å². The second-order valence-corrected chi connectivity index (χ2v) is 7.52. The van der Waals surface area contributed by atoms with E-state index in [0.29, 0.717) is 6.07 Å². The number of amidine groups is 1. The van der Waals surface area contributed by atoms with Gasteiger partial charge in [0.1, 0.15) is 5.84 Å². The molecule has 0 aromatic heterocycles. The van der Waals surface area contributed by atoms with Crippen LogP contribution in [0.4, 0.5) is 55.3 Å².